The molecule has 4 heterocycles. The monoisotopic (exact) mass is 758 g/mol. The number of methoxy groups -OCH3 is 1. The predicted octanol–water partition coefficient (Wildman–Crippen LogP) is 6.02. The summed E-state index contributed by atoms with van der Waals surface area (Å²) in [4.78, 5) is 36.5. The molecule has 294 valence electrons. The number of amides is 2. The van der Waals surface area contributed by atoms with Gasteiger partial charge in [0.15, 0.2) is 5.65 Å². The molecule has 0 saturated carbocycles. The fraction of sp³-hybridized carbons (Fsp3) is 0.409. The van der Waals surface area contributed by atoms with Gasteiger partial charge in [-0.1, -0.05) is 37.3 Å². The van der Waals surface area contributed by atoms with Gasteiger partial charge in [0.25, 0.3) is 5.91 Å². The van der Waals surface area contributed by atoms with Crippen molar-refractivity contribution in [2.45, 2.75) is 78.3 Å². The van der Waals surface area contributed by atoms with Crippen LogP contribution in [-0.2, 0) is 37.3 Å². The van der Waals surface area contributed by atoms with Crippen LogP contribution in [0.25, 0.3) is 22.2 Å². The van der Waals surface area contributed by atoms with Crippen molar-refractivity contribution in [3.63, 3.8) is 0 Å². The molecule has 2 fully saturated rings. The topological polar surface area (TPSA) is 140 Å². The van der Waals surface area contributed by atoms with Crippen LogP contribution >= 0.6 is 0 Å². The van der Waals surface area contributed by atoms with Gasteiger partial charge in [-0.15, -0.1) is 0 Å². The molecule has 12 heteroatoms. The maximum atomic E-state index is 14.8. The Bertz CT molecular complexity index is 2180. The number of piperazine rings is 1. The molecule has 2 aliphatic heterocycles. The first-order valence-corrected chi connectivity index (χ1v) is 19.9. The van der Waals surface area contributed by atoms with Crippen LogP contribution in [0.5, 0.6) is 5.75 Å². The van der Waals surface area contributed by atoms with Crippen LogP contribution in [0.4, 0.5) is 5.69 Å². The summed E-state index contributed by atoms with van der Waals surface area (Å²) in [6, 6.07) is 22.2. The Kier molecular flexibility index (Phi) is 12.3. The van der Waals surface area contributed by atoms with Crippen LogP contribution in [0.15, 0.2) is 72.9 Å². The van der Waals surface area contributed by atoms with E-state index in [4.69, 9.17) is 20.2 Å². The highest BCUT2D eigenvalue weighted by atomic mass is 16.5. The standard InChI is InChI=1S/C44H54N8O4/c1-5-39-38(41(48-36-15-19-56-20-16-36)37-24-47-52(6-2)43(37)49-39)28-51(44(54)34-12-8-11-33(23-34)42(45)53)27-35-22-32(13-14-40(35)55-4)31-10-7-9-30(21-31)26-50-18-17-46-29(3)25-50/h7-14,21-24,29,36,46H,5-6,15-20,25-28H2,1-4H3,(H2,45,53)(H,48,49)/t29-/m0/s1. The lowest BCUT2D eigenvalue weighted by Crippen LogP contribution is -2.48. The zero-order valence-electron chi connectivity index (χ0n) is 33.0. The van der Waals surface area contributed by atoms with E-state index in [1.165, 1.54) is 5.56 Å². The van der Waals surface area contributed by atoms with Gasteiger partial charge < -0.3 is 30.7 Å². The van der Waals surface area contributed by atoms with Gasteiger partial charge in [-0.05, 0) is 86.2 Å². The number of hydrogen-bond acceptors (Lipinski definition) is 9. The third kappa shape index (κ3) is 8.72. The Labute approximate surface area is 329 Å². The van der Waals surface area contributed by atoms with Gasteiger partial charge in [-0.25, -0.2) is 9.67 Å². The molecule has 2 aliphatic rings. The van der Waals surface area contributed by atoms with Crippen molar-refractivity contribution in [3.8, 4) is 16.9 Å². The summed E-state index contributed by atoms with van der Waals surface area (Å²) in [5, 5.41) is 13.0. The molecule has 3 aromatic carbocycles. The summed E-state index contributed by atoms with van der Waals surface area (Å²) in [6.45, 7) is 12.8. The zero-order chi connectivity index (χ0) is 39.2. The van der Waals surface area contributed by atoms with E-state index in [1.54, 1.807) is 31.4 Å². The first-order valence-electron chi connectivity index (χ1n) is 19.9. The van der Waals surface area contributed by atoms with E-state index in [0.717, 1.165) is 83.7 Å². The highest BCUT2D eigenvalue weighted by Crippen LogP contribution is 2.35. The second kappa shape index (κ2) is 17.7. The Morgan fingerprint density at radius 2 is 1.80 bits per heavy atom. The normalized spacial score (nSPS) is 16.5. The van der Waals surface area contributed by atoms with Gasteiger partial charge in [0.05, 0.1) is 37.5 Å². The number of pyridine rings is 1. The molecule has 4 N–H and O–H groups in total. The van der Waals surface area contributed by atoms with Crippen molar-refractivity contribution in [1.82, 2.24) is 29.9 Å². The number of ether oxygens (including phenoxy) is 2. The summed E-state index contributed by atoms with van der Waals surface area (Å²) in [6.07, 6.45) is 4.27. The molecule has 56 heavy (non-hydrogen) atoms. The van der Waals surface area contributed by atoms with Crippen molar-refractivity contribution < 1.29 is 19.1 Å². The Hall–Kier alpha value is -5.30. The highest BCUT2D eigenvalue weighted by Gasteiger charge is 2.27. The number of nitrogens with two attached hydrogens (primary N) is 1. The number of nitrogens with zero attached hydrogens (tertiary/aromatic N) is 5. The van der Waals surface area contributed by atoms with Gasteiger partial charge >= 0.3 is 0 Å². The van der Waals surface area contributed by atoms with E-state index in [0.29, 0.717) is 43.5 Å². The second-order valence-corrected chi connectivity index (χ2v) is 14.9. The molecule has 0 bridgehead atoms. The fourth-order valence-electron chi connectivity index (χ4n) is 8.01. The van der Waals surface area contributed by atoms with Gasteiger partial charge in [0, 0.05) is 86.0 Å². The van der Waals surface area contributed by atoms with Gasteiger partial charge in [-0.3, -0.25) is 14.5 Å². The molecule has 5 aromatic rings. The SMILES string of the molecule is CCc1nc2c(cnn2CC)c(NC2CCOCC2)c1CN(Cc1cc(-c2cccc(CN3CCN[C@@H](C)C3)c2)ccc1OC)C(=O)c1cccc(C(N)=O)c1. The first kappa shape index (κ1) is 39.0. The number of anilines is 1. The largest absolute Gasteiger partial charge is 0.496 e. The maximum absolute atomic E-state index is 14.8. The predicted molar refractivity (Wildman–Crippen MR) is 220 cm³/mol. The number of benzene rings is 3. The second-order valence-electron chi connectivity index (χ2n) is 14.9. The molecular formula is C44H54N8O4. The van der Waals surface area contributed by atoms with E-state index >= 15 is 0 Å². The third-order valence-corrected chi connectivity index (χ3v) is 11.0. The molecule has 12 nitrogen and oxygen atoms in total. The molecule has 2 saturated heterocycles. The minimum atomic E-state index is -0.590. The molecule has 0 unspecified atom stereocenters. The third-order valence-electron chi connectivity index (χ3n) is 11.0. The van der Waals surface area contributed by atoms with Crippen molar-refractivity contribution in [3.05, 3.63) is 106 Å². The van der Waals surface area contributed by atoms with E-state index in [9.17, 15) is 9.59 Å². The van der Waals surface area contributed by atoms with Crippen molar-refractivity contribution in [2.24, 2.45) is 5.73 Å². The summed E-state index contributed by atoms with van der Waals surface area (Å²) < 4.78 is 13.6. The number of aromatic nitrogens is 3. The lowest BCUT2D eigenvalue weighted by Gasteiger charge is -2.31. The van der Waals surface area contributed by atoms with Crippen LogP contribution in [0.1, 0.15) is 76.7 Å². The summed E-state index contributed by atoms with van der Waals surface area (Å²) in [7, 11) is 1.66. The van der Waals surface area contributed by atoms with E-state index in [1.807, 2.05) is 21.8 Å². The number of hydrogen-bond donors (Lipinski definition) is 3. The molecule has 2 amide bonds. The molecule has 0 aliphatic carbocycles. The molecule has 7 rings (SSSR count). The quantitative estimate of drug-likeness (QED) is 0.124. The van der Waals surface area contributed by atoms with Crippen molar-refractivity contribution in [2.75, 3.05) is 45.3 Å². The first-order chi connectivity index (χ1) is 27.2. The molecule has 0 radical (unpaired) electrons. The number of nitrogens with one attached hydrogen (secondary N) is 2. The number of carbonyl (C=O) groups is 2. The number of fused-ring (bicyclic) bond motifs is 1. The molecule has 0 spiro atoms. The Morgan fingerprint density at radius 3 is 2.55 bits per heavy atom. The Morgan fingerprint density at radius 1 is 1.02 bits per heavy atom. The fourth-order valence-corrected chi connectivity index (χ4v) is 8.01. The number of carbonyl (C=O) groups excluding carboxylic acids is 2. The van der Waals surface area contributed by atoms with Crippen LogP contribution in [-0.4, -0.2) is 88.4 Å². The Balaban J connectivity index is 1.29. The van der Waals surface area contributed by atoms with E-state index in [2.05, 4.69) is 77.8 Å². The van der Waals surface area contributed by atoms with Crippen LogP contribution < -0.4 is 21.1 Å². The van der Waals surface area contributed by atoms with Gasteiger partial charge in [-0.2, -0.15) is 5.10 Å². The van der Waals surface area contributed by atoms with Gasteiger partial charge in [0.1, 0.15) is 5.75 Å². The number of primary amides is 1. The average Bonchev–Trinajstić information content (AvgIpc) is 3.64. The molecule has 1 atom stereocenters. The molecule has 2 aromatic heterocycles. The number of rotatable bonds is 14. The lowest BCUT2D eigenvalue weighted by atomic mass is 9.99. The average molecular weight is 759 g/mol. The number of aryl methyl sites for hydroxylation is 2. The van der Waals surface area contributed by atoms with Crippen LogP contribution in [0, 0.1) is 0 Å². The molecular weight excluding hydrogens is 705 g/mol. The minimum Gasteiger partial charge on any atom is -0.496 e. The minimum absolute atomic E-state index is 0.196. The van der Waals surface area contributed by atoms with Crippen molar-refractivity contribution >= 4 is 28.5 Å². The van der Waals surface area contributed by atoms with Crippen LogP contribution in [0.2, 0.25) is 0 Å². The zero-order valence-corrected chi connectivity index (χ0v) is 33.0. The maximum Gasteiger partial charge on any atom is 0.254 e. The summed E-state index contributed by atoms with van der Waals surface area (Å²) in [5.41, 5.74) is 14.2. The van der Waals surface area contributed by atoms with Crippen molar-refractivity contribution in [1.29, 1.82) is 0 Å². The summed E-state index contributed by atoms with van der Waals surface area (Å²) >= 11 is 0. The smallest absolute Gasteiger partial charge is 0.254 e. The van der Waals surface area contributed by atoms with E-state index < -0.39 is 5.91 Å². The summed E-state index contributed by atoms with van der Waals surface area (Å²) in [5.74, 6) is -0.151. The van der Waals surface area contributed by atoms with E-state index in [-0.39, 0.29) is 30.6 Å². The van der Waals surface area contributed by atoms with Crippen LogP contribution in [0.3, 0.4) is 0 Å². The highest BCUT2D eigenvalue weighted by molar-refractivity contribution is 5.99. The van der Waals surface area contributed by atoms with Gasteiger partial charge in [0.2, 0.25) is 5.91 Å². The lowest BCUT2D eigenvalue weighted by molar-refractivity contribution is 0.0728.